The highest BCUT2D eigenvalue weighted by atomic mass is 16.3. The molecule has 5 heteroatoms. The predicted octanol–water partition coefficient (Wildman–Crippen LogP) is 3.65. The normalized spacial score (nSPS) is 16.2. The topological polar surface area (TPSA) is 60.1 Å². The van der Waals surface area contributed by atoms with E-state index in [1.165, 1.54) is 16.8 Å². The van der Waals surface area contributed by atoms with E-state index in [-0.39, 0.29) is 11.9 Å². The zero-order valence-electron chi connectivity index (χ0n) is 14.7. The van der Waals surface area contributed by atoms with Crippen molar-refractivity contribution in [3.05, 3.63) is 77.5 Å². The summed E-state index contributed by atoms with van der Waals surface area (Å²) in [5.41, 5.74) is 3.65. The second kappa shape index (κ2) is 7.60. The highest BCUT2D eigenvalue weighted by Crippen LogP contribution is 2.30. The average Bonchev–Trinajstić information content (AvgIpc) is 3.32. The van der Waals surface area contributed by atoms with Crippen LogP contribution in [0.25, 0.3) is 0 Å². The van der Waals surface area contributed by atoms with Crippen molar-refractivity contribution in [3.8, 4) is 0 Å². The molecule has 26 heavy (non-hydrogen) atoms. The molecule has 1 aromatic carbocycles. The Kier molecular flexibility index (Phi) is 4.86. The molecule has 1 atom stereocenters. The third-order valence-electron chi connectivity index (χ3n) is 4.95. The SMILES string of the molecule is O=C(CCc1ccco1)N[C@H]1CCCc2c1cnn2Cc1ccccc1. The fraction of sp³-hybridized carbons (Fsp3) is 0.333. The molecule has 0 fully saturated rings. The average molecular weight is 349 g/mol. The Morgan fingerprint density at radius 2 is 2.12 bits per heavy atom. The first-order valence-corrected chi connectivity index (χ1v) is 9.20. The predicted molar refractivity (Wildman–Crippen MR) is 98.6 cm³/mol. The maximum absolute atomic E-state index is 12.3. The Morgan fingerprint density at radius 1 is 1.23 bits per heavy atom. The minimum atomic E-state index is 0.0624. The molecule has 0 aliphatic heterocycles. The van der Waals surface area contributed by atoms with Crippen molar-refractivity contribution < 1.29 is 9.21 Å². The van der Waals surface area contributed by atoms with Gasteiger partial charge in [-0.1, -0.05) is 30.3 Å². The summed E-state index contributed by atoms with van der Waals surface area (Å²) < 4.78 is 7.37. The number of nitrogens with zero attached hydrogens (tertiary/aromatic N) is 2. The summed E-state index contributed by atoms with van der Waals surface area (Å²) in [6.45, 7) is 0.773. The monoisotopic (exact) mass is 349 g/mol. The minimum absolute atomic E-state index is 0.0624. The van der Waals surface area contributed by atoms with Gasteiger partial charge in [0.2, 0.25) is 5.91 Å². The molecular weight excluding hydrogens is 326 g/mol. The molecule has 0 spiro atoms. The van der Waals surface area contributed by atoms with E-state index in [4.69, 9.17) is 4.42 Å². The molecule has 2 aromatic heterocycles. The van der Waals surface area contributed by atoms with Crippen molar-refractivity contribution >= 4 is 5.91 Å². The van der Waals surface area contributed by atoms with Crippen LogP contribution in [0.15, 0.2) is 59.3 Å². The molecule has 1 aliphatic rings. The number of aromatic nitrogens is 2. The van der Waals surface area contributed by atoms with Crippen molar-refractivity contribution in [3.63, 3.8) is 0 Å². The zero-order chi connectivity index (χ0) is 17.8. The highest BCUT2D eigenvalue weighted by molar-refractivity contribution is 5.76. The van der Waals surface area contributed by atoms with Crippen molar-refractivity contribution in [1.29, 1.82) is 0 Å². The number of carbonyl (C=O) groups excluding carboxylic acids is 1. The van der Waals surface area contributed by atoms with Crippen molar-refractivity contribution in [2.75, 3.05) is 0 Å². The molecule has 1 aliphatic carbocycles. The van der Waals surface area contributed by atoms with Gasteiger partial charge < -0.3 is 9.73 Å². The van der Waals surface area contributed by atoms with E-state index in [9.17, 15) is 4.79 Å². The quantitative estimate of drug-likeness (QED) is 0.739. The van der Waals surface area contributed by atoms with Crippen LogP contribution >= 0.6 is 0 Å². The Hall–Kier alpha value is -2.82. The molecule has 0 saturated carbocycles. The summed E-state index contributed by atoms with van der Waals surface area (Å²) in [6.07, 6.45) is 7.69. The van der Waals surface area contributed by atoms with Crippen LogP contribution < -0.4 is 5.32 Å². The van der Waals surface area contributed by atoms with Crippen LogP contribution in [0.1, 0.15) is 47.9 Å². The molecule has 3 aromatic rings. The lowest BCUT2D eigenvalue weighted by Crippen LogP contribution is -2.31. The van der Waals surface area contributed by atoms with Gasteiger partial charge >= 0.3 is 0 Å². The van der Waals surface area contributed by atoms with Crippen LogP contribution in [-0.2, 0) is 24.2 Å². The Balaban J connectivity index is 1.41. The number of aryl methyl sites for hydroxylation is 1. The van der Waals surface area contributed by atoms with Gasteiger partial charge in [0.25, 0.3) is 0 Å². The maximum atomic E-state index is 12.3. The molecule has 2 heterocycles. The number of fused-ring (bicyclic) bond motifs is 1. The number of hydrogen-bond donors (Lipinski definition) is 1. The molecule has 0 unspecified atom stereocenters. The number of amides is 1. The Morgan fingerprint density at radius 3 is 2.92 bits per heavy atom. The first-order valence-electron chi connectivity index (χ1n) is 9.20. The fourth-order valence-electron chi connectivity index (χ4n) is 3.62. The molecule has 5 nitrogen and oxygen atoms in total. The fourth-order valence-corrected chi connectivity index (χ4v) is 3.62. The second-order valence-corrected chi connectivity index (χ2v) is 6.78. The highest BCUT2D eigenvalue weighted by Gasteiger charge is 2.25. The molecule has 0 saturated heterocycles. The van der Waals surface area contributed by atoms with Crippen LogP contribution in [0.5, 0.6) is 0 Å². The second-order valence-electron chi connectivity index (χ2n) is 6.78. The van der Waals surface area contributed by atoms with Crippen LogP contribution in [0.4, 0.5) is 0 Å². The molecule has 4 rings (SSSR count). The van der Waals surface area contributed by atoms with Gasteiger partial charge in [-0.3, -0.25) is 9.48 Å². The van der Waals surface area contributed by atoms with Gasteiger partial charge in [0.15, 0.2) is 0 Å². The van der Waals surface area contributed by atoms with Gasteiger partial charge in [-0.05, 0) is 37.0 Å². The number of benzene rings is 1. The first kappa shape index (κ1) is 16.6. The zero-order valence-corrected chi connectivity index (χ0v) is 14.7. The Bertz CT molecular complexity index is 853. The van der Waals surface area contributed by atoms with Gasteiger partial charge in [0.05, 0.1) is 25.0 Å². The summed E-state index contributed by atoms with van der Waals surface area (Å²) >= 11 is 0. The standard InChI is InChI=1S/C21H23N3O2/c25-21(12-11-17-8-5-13-26-17)23-19-9-4-10-20-18(19)14-22-24(20)15-16-6-2-1-3-7-16/h1-3,5-8,13-14,19H,4,9-12,15H2,(H,23,25)/t19-/m0/s1. The molecule has 134 valence electrons. The smallest absolute Gasteiger partial charge is 0.220 e. The number of carbonyl (C=O) groups is 1. The molecular formula is C21H23N3O2. The third kappa shape index (κ3) is 3.72. The summed E-state index contributed by atoms with van der Waals surface area (Å²) in [6, 6.07) is 14.2. The van der Waals surface area contributed by atoms with E-state index in [0.29, 0.717) is 12.8 Å². The molecule has 1 N–H and O–H groups in total. The van der Waals surface area contributed by atoms with Gasteiger partial charge in [-0.2, -0.15) is 5.10 Å². The molecule has 1 amide bonds. The summed E-state index contributed by atoms with van der Waals surface area (Å²) in [4.78, 5) is 12.3. The number of nitrogens with one attached hydrogen (secondary N) is 1. The largest absolute Gasteiger partial charge is 0.469 e. The van der Waals surface area contributed by atoms with E-state index in [1.54, 1.807) is 6.26 Å². The van der Waals surface area contributed by atoms with E-state index in [1.807, 2.05) is 36.5 Å². The van der Waals surface area contributed by atoms with Crippen LogP contribution in [0, 0.1) is 0 Å². The summed E-state index contributed by atoms with van der Waals surface area (Å²) in [7, 11) is 0. The van der Waals surface area contributed by atoms with Crippen molar-refractivity contribution in [1.82, 2.24) is 15.1 Å². The van der Waals surface area contributed by atoms with Crippen molar-refractivity contribution in [2.24, 2.45) is 0 Å². The van der Waals surface area contributed by atoms with Crippen LogP contribution in [0.2, 0.25) is 0 Å². The third-order valence-corrected chi connectivity index (χ3v) is 4.95. The lowest BCUT2D eigenvalue weighted by atomic mass is 9.92. The van der Waals surface area contributed by atoms with Crippen LogP contribution in [-0.4, -0.2) is 15.7 Å². The number of rotatable bonds is 6. The van der Waals surface area contributed by atoms with Gasteiger partial charge in [-0.15, -0.1) is 0 Å². The Labute approximate surface area is 153 Å². The van der Waals surface area contributed by atoms with Gasteiger partial charge in [-0.25, -0.2) is 0 Å². The summed E-state index contributed by atoms with van der Waals surface area (Å²) in [5, 5.41) is 7.77. The first-order chi connectivity index (χ1) is 12.8. The van der Waals surface area contributed by atoms with E-state index >= 15 is 0 Å². The van der Waals surface area contributed by atoms with Gasteiger partial charge in [0, 0.05) is 24.1 Å². The van der Waals surface area contributed by atoms with Crippen molar-refractivity contribution in [2.45, 2.75) is 44.7 Å². The van der Waals surface area contributed by atoms with Gasteiger partial charge in [0.1, 0.15) is 5.76 Å². The van der Waals surface area contributed by atoms with Crippen LogP contribution in [0.3, 0.4) is 0 Å². The lowest BCUT2D eigenvalue weighted by Gasteiger charge is -2.24. The number of furan rings is 1. The van der Waals surface area contributed by atoms with E-state index < -0.39 is 0 Å². The minimum Gasteiger partial charge on any atom is -0.469 e. The molecule has 0 bridgehead atoms. The van der Waals surface area contributed by atoms with E-state index in [2.05, 4.69) is 27.2 Å². The summed E-state index contributed by atoms with van der Waals surface area (Å²) in [5.74, 6) is 0.912. The maximum Gasteiger partial charge on any atom is 0.220 e. The number of hydrogen-bond acceptors (Lipinski definition) is 3. The molecule has 0 radical (unpaired) electrons. The van der Waals surface area contributed by atoms with E-state index in [0.717, 1.165) is 31.6 Å². The lowest BCUT2D eigenvalue weighted by molar-refractivity contribution is -0.122.